The molecule has 1 saturated heterocycles. The fraction of sp³-hybridized carbons (Fsp3) is 0.778. The lowest BCUT2D eigenvalue weighted by Gasteiger charge is -2.41. The Balaban J connectivity index is -0.00000158. The van der Waals surface area contributed by atoms with Crippen molar-refractivity contribution in [2.45, 2.75) is 125 Å². The third-order valence-corrected chi connectivity index (χ3v) is 6.40. The molecule has 0 spiro atoms. The van der Waals surface area contributed by atoms with Crippen molar-refractivity contribution < 1.29 is 24.3 Å². The summed E-state index contributed by atoms with van der Waals surface area (Å²) in [6.07, 6.45) is 2.92. The van der Waals surface area contributed by atoms with Crippen LogP contribution in [0.2, 0.25) is 0 Å². The van der Waals surface area contributed by atoms with Gasteiger partial charge in [0, 0.05) is 23.4 Å². The van der Waals surface area contributed by atoms with Gasteiger partial charge in [-0.1, -0.05) is 34.3 Å². The maximum Gasteiger partial charge on any atom is 0.251 e. The van der Waals surface area contributed by atoms with Gasteiger partial charge in [0.15, 0.2) is 0 Å². The Labute approximate surface area is 218 Å². The van der Waals surface area contributed by atoms with Crippen LogP contribution in [-0.2, 0) is 19.2 Å². The highest BCUT2D eigenvalue weighted by molar-refractivity contribution is 8.00. The van der Waals surface area contributed by atoms with E-state index in [-0.39, 0.29) is 37.4 Å². The molecule has 7 nitrogen and oxygen atoms in total. The summed E-state index contributed by atoms with van der Waals surface area (Å²) in [4.78, 5) is 50.4. The number of aliphatic hydroxyl groups is 1. The molecule has 0 aromatic carbocycles. The first-order chi connectivity index (χ1) is 15.4. The molecule has 0 saturated carbocycles. The highest BCUT2D eigenvalue weighted by Gasteiger charge is 2.48. The Kier molecular flexibility index (Phi) is 17.5. The van der Waals surface area contributed by atoms with E-state index in [4.69, 9.17) is 0 Å². The molecule has 0 radical (unpaired) electrons. The molecule has 2 N–H and O–H groups in total. The molecule has 2 unspecified atom stereocenters. The quantitative estimate of drug-likeness (QED) is 0.307. The zero-order valence-corrected chi connectivity index (χ0v) is 24.0. The van der Waals surface area contributed by atoms with Crippen molar-refractivity contribution >= 4 is 35.3 Å². The number of carbonyl (C=O) groups is 4. The number of hydrogen-bond donors (Lipinski definition) is 2. The number of carbonyl (C=O) groups excluding carboxylic acids is 4. The summed E-state index contributed by atoms with van der Waals surface area (Å²) in [6, 6.07) is 0. The van der Waals surface area contributed by atoms with E-state index >= 15 is 0 Å². The summed E-state index contributed by atoms with van der Waals surface area (Å²) >= 11 is 1.43. The largest absolute Gasteiger partial charge is 0.381 e. The number of Topliss-reactive ketones (excluding diaryl/α,β-unsaturated/α-hetero) is 1. The van der Waals surface area contributed by atoms with Crippen molar-refractivity contribution in [1.82, 2.24) is 10.2 Å². The first kappa shape index (κ1) is 37.9. The third kappa shape index (κ3) is 13.3. The highest BCUT2D eigenvalue weighted by Crippen LogP contribution is 2.35. The number of hydrogen-bond acceptors (Lipinski definition) is 6. The first-order valence-electron chi connectivity index (χ1n) is 12.0. The minimum Gasteiger partial charge on any atom is -0.381 e. The average molecular weight is 517 g/mol. The highest BCUT2D eigenvalue weighted by atomic mass is 32.2. The molecule has 3 amide bonds. The van der Waals surface area contributed by atoms with Gasteiger partial charge in [0.1, 0.15) is 11.4 Å². The lowest BCUT2D eigenvalue weighted by molar-refractivity contribution is -0.145. The molecular formula is C27H52N2O5S. The number of thioether (sulfide) groups is 1. The zero-order valence-electron chi connectivity index (χ0n) is 23.2. The van der Waals surface area contributed by atoms with E-state index in [1.165, 1.54) is 30.5 Å². The van der Waals surface area contributed by atoms with Crippen LogP contribution >= 0.6 is 11.8 Å². The van der Waals surface area contributed by atoms with Crippen LogP contribution in [0.15, 0.2) is 12.7 Å². The number of nitrogens with zero attached hydrogens (tertiary/aromatic N) is 1. The first-order valence-corrected chi connectivity index (χ1v) is 13.1. The molecule has 0 aliphatic carbocycles. The van der Waals surface area contributed by atoms with E-state index in [0.29, 0.717) is 18.6 Å². The molecule has 2 atom stereocenters. The van der Waals surface area contributed by atoms with Crippen molar-refractivity contribution in [3.63, 3.8) is 0 Å². The van der Waals surface area contributed by atoms with Crippen LogP contribution in [0.3, 0.4) is 0 Å². The fourth-order valence-corrected chi connectivity index (χ4v) is 4.91. The van der Waals surface area contributed by atoms with Gasteiger partial charge in [0.05, 0.1) is 5.25 Å². The van der Waals surface area contributed by atoms with Crippen molar-refractivity contribution in [2.24, 2.45) is 5.92 Å². The molecule has 1 aliphatic heterocycles. The zero-order chi connectivity index (χ0) is 27.5. The number of amides is 3. The number of nitrogens with one attached hydrogen (secondary N) is 1. The van der Waals surface area contributed by atoms with E-state index in [0.717, 1.165) is 0 Å². The number of imide groups is 1. The second-order valence-electron chi connectivity index (χ2n) is 10.2. The maximum atomic E-state index is 12.9. The van der Waals surface area contributed by atoms with Gasteiger partial charge < -0.3 is 10.4 Å². The van der Waals surface area contributed by atoms with Crippen LogP contribution in [0.1, 0.15) is 103 Å². The molecule has 0 aromatic rings. The number of likely N-dealkylation sites (tertiary alicyclic amines) is 1. The lowest BCUT2D eigenvalue weighted by atomic mass is 9.85. The standard InChI is InChI=1S/C21H36N2O5S.C3H6.C2H6.CH4/c1-13(14(2)24)9-10-29-15-11-16(25)23(17(15)26)20(5,6)12-19(3,4)22-18(27)21(7,8)28;1-3-2;1-2;/h13,15,28H,9-12H2,1-8H3,(H,22,27);3H,1H2,2H3;1-2H3;1H4. The molecule has 1 heterocycles. The molecule has 0 aromatic heterocycles. The SMILES string of the molecule is C.C=CC.CC.CC(=O)C(C)CCSC1CC(=O)N(C(C)(C)CC(C)(C)NC(=O)C(C)(C)O)C1=O. The number of ketones is 1. The number of allylic oxidation sites excluding steroid dienone is 1. The van der Waals surface area contributed by atoms with Gasteiger partial charge >= 0.3 is 0 Å². The second-order valence-corrected chi connectivity index (χ2v) is 11.5. The van der Waals surface area contributed by atoms with Crippen LogP contribution in [0, 0.1) is 5.92 Å². The summed E-state index contributed by atoms with van der Waals surface area (Å²) in [7, 11) is 0. The van der Waals surface area contributed by atoms with E-state index in [1.807, 2.05) is 41.5 Å². The third-order valence-electron chi connectivity index (χ3n) is 5.16. The van der Waals surface area contributed by atoms with Gasteiger partial charge in [0.2, 0.25) is 11.8 Å². The molecule has 0 bridgehead atoms. The Morgan fingerprint density at radius 2 is 1.66 bits per heavy atom. The lowest BCUT2D eigenvalue weighted by Crippen LogP contribution is -2.58. The molecule has 206 valence electrons. The van der Waals surface area contributed by atoms with Gasteiger partial charge in [-0.2, -0.15) is 0 Å². The second kappa shape index (κ2) is 16.1. The monoisotopic (exact) mass is 516 g/mol. The smallest absolute Gasteiger partial charge is 0.251 e. The minimum atomic E-state index is -1.51. The normalized spacial score (nSPS) is 16.7. The fourth-order valence-electron chi connectivity index (χ4n) is 3.63. The predicted molar refractivity (Wildman–Crippen MR) is 148 cm³/mol. The van der Waals surface area contributed by atoms with Crippen LogP contribution in [0.5, 0.6) is 0 Å². The van der Waals surface area contributed by atoms with Crippen LogP contribution in [0.25, 0.3) is 0 Å². The van der Waals surface area contributed by atoms with Crippen LogP contribution in [-0.4, -0.2) is 61.2 Å². The molecule has 1 rings (SSSR count). The minimum absolute atomic E-state index is 0. The molecule has 1 fully saturated rings. The Bertz CT molecular complexity index is 711. The van der Waals surface area contributed by atoms with Gasteiger partial charge in [-0.25, -0.2) is 0 Å². The van der Waals surface area contributed by atoms with Crippen LogP contribution in [0.4, 0.5) is 0 Å². The van der Waals surface area contributed by atoms with E-state index < -0.39 is 27.8 Å². The van der Waals surface area contributed by atoms with Gasteiger partial charge in [-0.15, -0.1) is 18.3 Å². The number of rotatable bonds is 10. The summed E-state index contributed by atoms with van der Waals surface area (Å²) in [6.45, 7) is 22.7. The average Bonchev–Trinajstić information content (AvgIpc) is 2.95. The van der Waals surface area contributed by atoms with Crippen LogP contribution < -0.4 is 5.32 Å². The van der Waals surface area contributed by atoms with Crippen molar-refractivity contribution in [1.29, 1.82) is 0 Å². The van der Waals surface area contributed by atoms with Gasteiger partial charge in [0.25, 0.3) is 5.91 Å². The summed E-state index contributed by atoms with van der Waals surface area (Å²) in [5.74, 6) is -0.233. The summed E-state index contributed by atoms with van der Waals surface area (Å²) < 4.78 is 0. The summed E-state index contributed by atoms with van der Waals surface area (Å²) in [5.41, 5.74) is -3.05. The molecule has 35 heavy (non-hydrogen) atoms. The van der Waals surface area contributed by atoms with E-state index in [1.54, 1.807) is 26.8 Å². The van der Waals surface area contributed by atoms with E-state index in [9.17, 15) is 24.3 Å². The van der Waals surface area contributed by atoms with Gasteiger partial charge in [-0.3, -0.25) is 24.1 Å². The maximum absolute atomic E-state index is 12.9. The van der Waals surface area contributed by atoms with Crippen molar-refractivity contribution in [3.8, 4) is 0 Å². The van der Waals surface area contributed by atoms with Crippen molar-refractivity contribution in [3.05, 3.63) is 12.7 Å². The topological polar surface area (TPSA) is 104 Å². The van der Waals surface area contributed by atoms with E-state index in [2.05, 4.69) is 11.9 Å². The van der Waals surface area contributed by atoms with Gasteiger partial charge in [-0.05, 0) is 74.0 Å². The Hall–Kier alpha value is -1.67. The predicted octanol–water partition coefficient (Wildman–Crippen LogP) is 5.15. The molecule has 8 heteroatoms. The Morgan fingerprint density at radius 1 is 1.20 bits per heavy atom. The van der Waals surface area contributed by atoms with Crippen molar-refractivity contribution in [2.75, 3.05) is 5.75 Å². The summed E-state index contributed by atoms with van der Waals surface area (Å²) in [5, 5.41) is 12.2. The molecule has 1 aliphatic rings. The molecular weight excluding hydrogens is 464 g/mol. The Morgan fingerprint density at radius 3 is 2.06 bits per heavy atom.